The third-order valence-electron chi connectivity index (χ3n) is 6.20. The molecule has 3 aromatic rings. The Labute approximate surface area is 192 Å². The van der Waals surface area contributed by atoms with Crippen LogP contribution in [0.5, 0.6) is 11.8 Å². The van der Waals surface area contributed by atoms with E-state index < -0.39 is 30.2 Å². The third kappa shape index (κ3) is 4.27. The maximum atomic E-state index is 15.0. The molecule has 1 saturated carbocycles. The second kappa shape index (κ2) is 9.23. The molecule has 0 bridgehead atoms. The van der Waals surface area contributed by atoms with E-state index >= 15 is 0 Å². The van der Waals surface area contributed by atoms with Crippen LogP contribution in [0.25, 0.3) is 11.0 Å². The van der Waals surface area contributed by atoms with Gasteiger partial charge in [0.1, 0.15) is 30.3 Å². The maximum Gasteiger partial charge on any atom is 0.254 e. The molecule has 178 valence electrons. The van der Waals surface area contributed by atoms with Crippen LogP contribution in [-0.4, -0.2) is 54.1 Å². The molecule has 1 aliphatic rings. The Kier molecular flexibility index (Phi) is 6.54. The monoisotopic (exact) mass is 458 g/mol. The number of halogens is 1. The Balaban J connectivity index is 1.65. The minimum Gasteiger partial charge on any atom is -0.473 e. The summed E-state index contributed by atoms with van der Waals surface area (Å²) in [5.41, 5.74) is 2.59. The summed E-state index contributed by atoms with van der Waals surface area (Å²) in [4.78, 5) is 12.9. The number of aliphatic hydroxyl groups is 2. The van der Waals surface area contributed by atoms with Gasteiger partial charge in [0.05, 0.1) is 17.8 Å². The molecule has 0 radical (unpaired) electrons. The van der Waals surface area contributed by atoms with E-state index in [2.05, 4.69) is 15.0 Å². The minimum absolute atomic E-state index is 0.109. The Morgan fingerprint density at radius 2 is 1.94 bits per heavy atom. The van der Waals surface area contributed by atoms with E-state index in [1.54, 1.807) is 20.8 Å². The molecule has 4 unspecified atom stereocenters. The lowest BCUT2D eigenvalue weighted by Crippen LogP contribution is -2.34. The summed E-state index contributed by atoms with van der Waals surface area (Å²) in [5.74, 6) is -0.376. The highest BCUT2D eigenvalue weighted by Gasteiger charge is 2.45. The summed E-state index contributed by atoms with van der Waals surface area (Å²) in [6, 6.07) is 1.45. The van der Waals surface area contributed by atoms with E-state index in [-0.39, 0.29) is 17.9 Å². The number of aryl methyl sites for hydroxylation is 1. The standard InChI is InChI=1S/C24H31FN4O4/c1-6-7-15-13(4)23(28-24(19(15)25)32-12(2)3)33-18-10-17(20(30)21(18)31)29-9-8-16-14(5)26-11-27-22(16)29/h8-9,11-12,17-18,20-21,30-31H,6-7,10H2,1-5H3. The van der Waals surface area contributed by atoms with Gasteiger partial charge < -0.3 is 24.3 Å². The number of pyridine rings is 1. The lowest BCUT2D eigenvalue weighted by atomic mass is 10.1. The van der Waals surface area contributed by atoms with Gasteiger partial charge in [-0.05, 0) is 40.2 Å². The average Bonchev–Trinajstić information content (AvgIpc) is 3.31. The van der Waals surface area contributed by atoms with Gasteiger partial charge in [0.15, 0.2) is 5.82 Å². The molecule has 8 nitrogen and oxygen atoms in total. The molecule has 33 heavy (non-hydrogen) atoms. The molecule has 0 amide bonds. The molecule has 4 atom stereocenters. The molecule has 9 heteroatoms. The van der Waals surface area contributed by atoms with E-state index in [0.717, 1.165) is 17.5 Å². The van der Waals surface area contributed by atoms with Crippen molar-refractivity contribution in [3.63, 3.8) is 0 Å². The number of fused-ring (bicyclic) bond motifs is 1. The highest BCUT2D eigenvalue weighted by molar-refractivity contribution is 5.78. The number of aromatic nitrogens is 4. The van der Waals surface area contributed by atoms with E-state index in [0.29, 0.717) is 29.6 Å². The van der Waals surface area contributed by atoms with E-state index in [9.17, 15) is 14.6 Å². The van der Waals surface area contributed by atoms with Crippen molar-refractivity contribution in [2.75, 3.05) is 0 Å². The molecule has 1 aliphatic carbocycles. The number of ether oxygens (including phenoxy) is 2. The van der Waals surface area contributed by atoms with E-state index in [1.807, 2.05) is 30.7 Å². The Morgan fingerprint density at radius 3 is 2.64 bits per heavy atom. The Bertz CT molecular complexity index is 1150. The fourth-order valence-electron chi connectivity index (χ4n) is 4.48. The number of aliphatic hydroxyl groups excluding tert-OH is 2. The molecule has 2 N–H and O–H groups in total. The lowest BCUT2D eigenvalue weighted by Gasteiger charge is -2.21. The zero-order chi connectivity index (χ0) is 23.9. The minimum atomic E-state index is -1.15. The average molecular weight is 459 g/mol. The second-order valence-electron chi connectivity index (χ2n) is 8.92. The van der Waals surface area contributed by atoms with Crippen LogP contribution in [0.4, 0.5) is 4.39 Å². The van der Waals surface area contributed by atoms with Gasteiger partial charge in [-0.25, -0.2) is 14.4 Å². The molecule has 0 aliphatic heterocycles. The zero-order valence-electron chi connectivity index (χ0n) is 19.6. The number of nitrogens with zero attached hydrogens (tertiary/aromatic N) is 4. The SMILES string of the molecule is CCCc1c(C)c(OC2CC(n3ccc4c(C)ncnc43)C(O)C2O)nc(OC(C)C)c1F. The number of hydrogen-bond donors (Lipinski definition) is 2. The van der Waals surface area contributed by atoms with Crippen LogP contribution in [0.3, 0.4) is 0 Å². The summed E-state index contributed by atoms with van der Waals surface area (Å²) >= 11 is 0. The van der Waals surface area contributed by atoms with Gasteiger partial charge in [-0.3, -0.25) is 0 Å². The van der Waals surface area contributed by atoms with Gasteiger partial charge in [0.25, 0.3) is 5.88 Å². The van der Waals surface area contributed by atoms with Gasteiger partial charge in [-0.2, -0.15) is 4.98 Å². The van der Waals surface area contributed by atoms with Crippen molar-refractivity contribution in [3.05, 3.63) is 41.2 Å². The van der Waals surface area contributed by atoms with Crippen molar-refractivity contribution >= 4 is 11.0 Å². The predicted molar refractivity (Wildman–Crippen MR) is 121 cm³/mol. The van der Waals surface area contributed by atoms with Crippen molar-refractivity contribution in [2.24, 2.45) is 0 Å². The van der Waals surface area contributed by atoms with Crippen molar-refractivity contribution in [1.82, 2.24) is 19.5 Å². The van der Waals surface area contributed by atoms with Gasteiger partial charge in [-0.15, -0.1) is 0 Å². The summed E-state index contributed by atoms with van der Waals surface area (Å²) in [6.07, 6.45) is 1.71. The molecule has 0 aromatic carbocycles. The summed E-state index contributed by atoms with van der Waals surface area (Å²) < 4.78 is 28.5. The maximum absolute atomic E-state index is 15.0. The van der Waals surface area contributed by atoms with Gasteiger partial charge in [0, 0.05) is 29.1 Å². The number of rotatable bonds is 7. The van der Waals surface area contributed by atoms with Crippen LogP contribution in [0, 0.1) is 19.7 Å². The molecule has 3 aromatic heterocycles. The van der Waals surface area contributed by atoms with Crippen LogP contribution in [0.1, 0.15) is 56.5 Å². The second-order valence-corrected chi connectivity index (χ2v) is 8.92. The van der Waals surface area contributed by atoms with Crippen molar-refractivity contribution < 1.29 is 24.1 Å². The third-order valence-corrected chi connectivity index (χ3v) is 6.20. The van der Waals surface area contributed by atoms with Gasteiger partial charge in [0.2, 0.25) is 5.88 Å². The molecule has 1 fully saturated rings. The number of hydrogen-bond acceptors (Lipinski definition) is 7. The lowest BCUT2D eigenvalue weighted by molar-refractivity contribution is -0.0179. The van der Waals surface area contributed by atoms with Crippen LogP contribution < -0.4 is 9.47 Å². The zero-order valence-corrected chi connectivity index (χ0v) is 19.6. The first-order chi connectivity index (χ1) is 15.7. The van der Waals surface area contributed by atoms with Crippen molar-refractivity contribution in [3.8, 4) is 11.8 Å². The summed E-state index contributed by atoms with van der Waals surface area (Å²) in [7, 11) is 0. The van der Waals surface area contributed by atoms with Crippen LogP contribution in [0.2, 0.25) is 0 Å². The first-order valence-corrected chi connectivity index (χ1v) is 11.4. The predicted octanol–water partition coefficient (Wildman–Crippen LogP) is 3.44. The smallest absolute Gasteiger partial charge is 0.254 e. The first-order valence-electron chi connectivity index (χ1n) is 11.4. The molecular formula is C24H31FN4O4. The Morgan fingerprint density at radius 1 is 1.18 bits per heavy atom. The van der Waals surface area contributed by atoms with Crippen molar-refractivity contribution in [2.45, 2.75) is 84.3 Å². The highest BCUT2D eigenvalue weighted by Crippen LogP contribution is 2.38. The van der Waals surface area contributed by atoms with Crippen LogP contribution in [-0.2, 0) is 6.42 Å². The van der Waals surface area contributed by atoms with Crippen LogP contribution >= 0.6 is 0 Å². The van der Waals surface area contributed by atoms with E-state index in [4.69, 9.17) is 9.47 Å². The molecular weight excluding hydrogens is 427 g/mol. The quantitative estimate of drug-likeness (QED) is 0.559. The van der Waals surface area contributed by atoms with Gasteiger partial charge >= 0.3 is 0 Å². The molecule has 0 spiro atoms. The topological polar surface area (TPSA) is 103 Å². The molecule has 3 heterocycles. The molecule has 0 saturated heterocycles. The van der Waals surface area contributed by atoms with Gasteiger partial charge in [-0.1, -0.05) is 13.3 Å². The van der Waals surface area contributed by atoms with Crippen molar-refractivity contribution in [1.29, 1.82) is 0 Å². The normalized spacial score (nSPS) is 22.9. The highest BCUT2D eigenvalue weighted by atomic mass is 19.1. The largest absolute Gasteiger partial charge is 0.473 e. The molecule has 4 rings (SSSR count). The summed E-state index contributed by atoms with van der Waals surface area (Å²) in [6.45, 7) is 9.22. The first kappa shape index (κ1) is 23.4. The fraction of sp³-hybridized carbons (Fsp3) is 0.542. The fourth-order valence-corrected chi connectivity index (χ4v) is 4.48. The Hall–Kier alpha value is -2.78. The van der Waals surface area contributed by atoms with E-state index in [1.165, 1.54) is 6.33 Å². The summed E-state index contributed by atoms with van der Waals surface area (Å²) in [5, 5.41) is 22.5. The van der Waals surface area contributed by atoms with Crippen LogP contribution in [0.15, 0.2) is 18.6 Å².